The van der Waals surface area contributed by atoms with Gasteiger partial charge in [-0.05, 0) is 38.3 Å². The van der Waals surface area contributed by atoms with Crippen LogP contribution in [-0.2, 0) is 16.1 Å². The number of imidazole rings is 1. The summed E-state index contributed by atoms with van der Waals surface area (Å²) in [5.41, 5.74) is 6.87. The molecule has 0 aliphatic carbocycles. The summed E-state index contributed by atoms with van der Waals surface area (Å²) in [5, 5.41) is 2.63. The van der Waals surface area contributed by atoms with Crippen molar-refractivity contribution in [2.45, 2.75) is 44.8 Å². The lowest BCUT2D eigenvalue weighted by molar-refractivity contribution is -0.131. The molecule has 2 amide bonds. The molecule has 2 aliphatic rings. The fraction of sp³-hybridized carbons (Fsp3) is 0.429. The highest BCUT2D eigenvalue weighted by Gasteiger charge is 2.46. The van der Waals surface area contributed by atoms with E-state index in [1.807, 2.05) is 31.6 Å². The van der Waals surface area contributed by atoms with Gasteiger partial charge in [-0.15, -0.1) is 0 Å². The SMILES string of the molecule is COc1c(OCCCCCn2ccnc2)ccc2c1C(C)N1C(=N2)NC(=O)C1C(N)=O. The second-order valence-corrected chi connectivity index (χ2v) is 7.55. The average molecular weight is 426 g/mol. The van der Waals surface area contributed by atoms with Crippen molar-refractivity contribution in [3.63, 3.8) is 0 Å². The topological polar surface area (TPSA) is 124 Å². The molecule has 2 atom stereocenters. The van der Waals surface area contributed by atoms with Crippen molar-refractivity contribution >= 4 is 23.5 Å². The number of rotatable bonds is 9. The number of guanidine groups is 1. The summed E-state index contributed by atoms with van der Waals surface area (Å²) in [6.07, 6.45) is 8.52. The Hall–Kier alpha value is -3.56. The van der Waals surface area contributed by atoms with Crippen LogP contribution in [0.25, 0.3) is 0 Å². The zero-order valence-electron chi connectivity index (χ0n) is 17.6. The summed E-state index contributed by atoms with van der Waals surface area (Å²) in [7, 11) is 1.57. The molecule has 0 spiro atoms. The first-order valence-electron chi connectivity index (χ1n) is 10.3. The minimum absolute atomic E-state index is 0.322. The number of carbonyl (C=O) groups excluding carboxylic acids is 2. The van der Waals surface area contributed by atoms with Crippen LogP contribution in [0.2, 0.25) is 0 Å². The maximum absolute atomic E-state index is 12.2. The number of nitrogens with two attached hydrogens (primary N) is 1. The molecule has 4 rings (SSSR count). The van der Waals surface area contributed by atoms with E-state index in [-0.39, 0.29) is 6.04 Å². The number of nitrogens with one attached hydrogen (secondary N) is 1. The van der Waals surface area contributed by atoms with Crippen LogP contribution >= 0.6 is 0 Å². The van der Waals surface area contributed by atoms with Crippen molar-refractivity contribution in [1.82, 2.24) is 19.8 Å². The van der Waals surface area contributed by atoms with Crippen molar-refractivity contribution in [1.29, 1.82) is 0 Å². The van der Waals surface area contributed by atoms with E-state index in [1.54, 1.807) is 18.2 Å². The molecule has 1 saturated heterocycles. The molecule has 0 radical (unpaired) electrons. The Morgan fingerprint density at radius 2 is 2.13 bits per heavy atom. The van der Waals surface area contributed by atoms with E-state index in [0.717, 1.165) is 31.4 Å². The zero-order chi connectivity index (χ0) is 22.0. The minimum atomic E-state index is -1.10. The highest BCUT2D eigenvalue weighted by molar-refractivity contribution is 6.17. The highest BCUT2D eigenvalue weighted by atomic mass is 16.5. The maximum Gasteiger partial charge on any atom is 0.259 e. The lowest BCUT2D eigenvalue weighted by atomic mass is 10.00. The normalized spacial score (nSPS) is 19.4. The lowest BCUT2D eigenvalue weighted by Crippen LogP contribution is -2.47. The molecule has 2 aliphatic heterocycles. The van der Waals surface area contributed by atoms with Gasteiger partial charge in [-0.2, -0.15) is 0 Å². The van der Waals surface area contributed by atoms with Crippen LogP contribution in [-0.4, -0.2) is 52.0 Å². The molecule has 3 N–H and O–H groups in total. The first-order valence-corrected chi connectivity index (χ1v) is 10.3. The predicted molar refractivity (Wildman–Crippen MR) is 113 cm³/mol. The molecule has 2 aromatic rings. The number of hydrogen-bond acceptors (Lipinski definition) is 7. The van der Waals surface area contributed by atoms with Crippen LogP contribution in [0.1, 0.15) is 37.8 Å². The van der Waals surface area contributed by atoms with E-state index >= 15 is 0 Å². The summed E-state index contributed by atoms with van der Waals surface area (Å²) in [5.74, 6) is 0.281. The number of aryl methyl sites for hydroxylation is 1. The first-order chi connectivity index (χ1) is 15.0. The fourth-order valence-electron chi connectivity index (χ4n) is 4.07. The number of carbonyl (C=O) groups is 2. The molecule has 0 saturated carbocycles. The van der Waals surface area contributed by atoms with E-state index < -0.39 is 17.9 Å². The van der Waals surface area contributed by atoms with Crippen molar-refractivity contribution in [2.24, 2.45) is 10.7 Å². The van der Waals surface area contributed by atoms with Crippen molar-refractivity contribution < 1.29 is 19.1 Å². The van der Waals surface area contributed by atoms with Crippen molar-refractivity contribution in [2.75, 3.05) is 13.7 Å². The van der Waals surface area contributed by atoms with Crippen LogP contribution in [0.5, 0.6) is 11.5 Å². The van der Waals surface area contributed by atoms with Gasteiger partial charge >= 0.3 is 0 Å². The number of fused-ring (bicyclic) bond motifs is 2. The third-order valence-electron chi connectivity index (χ3n) is 5.56. The number of ether oxygens (including phenoxy) is 2. The second-order valence-electron chi connectivity index (χ2n) is 7.55. The fourth-order valence-corrected chi connectivity index (χ4v) is 4.07. The third-order valence-corrected chi connectivity index (χ3v) is 5.56. The van der Waals surface area contributed by atoms with Crippen molar-refractivity contribution in [3.8, 4) is 11.5 Å². The van der Waals surface area contributed by atoms with Gasteiger partial charge < -0.3 is 24.7 Å². The first kappa shape index (κ1) is 20.7. The summed E-state index contributed by atoms with van der Waals surface area (Å²) >= 11 is 0. The van der Waals surface area contributed by atoms with E-state index in [0.29, 0.717) is 29.8 Å². The van der Waals surface area contributed by atoms with Gasteiger partial charge in [0.2, 0.25) is 11.9 Å². The smallest absolute Gasteiger partial charge is 0.259 e. The van der Waals surface area contributed by atoms with E-state index in [1.165, 1.54) is 0 Å². The summed E-state index contributed by atoms with van der Waals surface area (Å²) in [6, 6.07) is 2.19. The molecule has 0 bridgehead atoms. The Balaban J connectivity index is 1.45. The van der Waals surface area contributed by atoms with Crippen LogP contribution in [0.4, 0.5) is 5.69 Å². The molecular formula is C21H26N6O4. The number of aliphatic imine (C=N–C) groups is 1. The van der Waals surface area contributed by atoms with E-state index in [2.05, 4.69) is 19.9 Å². The number of nitrogens with zero attached hydrogens (tertiary/aromatic N) is 4. The molecule has 3 heterocycles. The van der Waals surface area contributed by atoms with Crippen LogP contribution in [0.3, 0.4) is 0 Å². The number of aromatic nitrogens is 2. The number of primary amides is 1. The molecule has 1 aromatic carbocycles. The van der Waals surface area contributed by atoms with Crippen LogP contribution in [0.15, 0.2) is 35.8 Å². The number of unbranched alkanes of at least 4 members (excludes halogenated alkanes) is 2. The van der Waals surface area contributed by atoms with E-state index in [4.69, 9.17) is 15.2 Å². The number of amides is 2. The highest BCUT2D eigenvalue weighted by Crippen LogP contribution is 2.46. The number of benzene rings is 1. The molecule has 31 heavy (non-hydrogen) atoms. The molecule has 1 fully saturated rings. The zero-order valence-corrected chi connectivity index (χ0v) is 17.6. The van der Waals surface area contributed by atoms with Gasteiger partial charge in [-0.25, -0.2) is 9.98 Å². The van der Waals surface area contributed by atoms with Crippen LogP contribution in [0, 0.1) is 0 Å². The summed E-state index contributed by atoms with van der Waals surface area (Å²) in [4.78, 5) is 34.2. The van der Waals surface area contributed by atoms with Gasteiger partial charge in [0, 0.05) is 24.5 Å². The molecule has 2 unspecified atom stereocenters. The Morgan fingerprint density at radius 3 is 2.84 bits per heavy atom. The van der Waals surface area contributed by atoms with Crippen LogP contribution < -0.4 is 20.5 Å². The Bertz CT molecular complexity index is 1000. The quantitative estimate of drug-likeness (QED) is 0.462. The molecule has 10 nitrogen and oxygen atoms in total. The standard InChI is InChI=1S/C21H26N6O4/c1-13-16-14(24-21-25-20(29)17(19(22)28)27(13)21)6-7-15(18(16)30-2)31-11-5-3-4-9-26-10-8-23-12-26/h6-8,10,12-13,17H,3-5,9,11H2,1-2H3,(H2,22,28)(H,24,25,29). The lowest BCUT2D eigenvalue weighted by Gasteiger charge is -2.34. The van der Waals surface area contributed by atoms with Crippen molar-refractivity contribution in [3.05, 3.63) is 36.4 Å². The molecule has 164 valence electrons. The van der Waals surface area contributed by atoms with Gasteiger partial charge in [0.1, 0.15) is 0 Å². The number of methoxy groups -OCH3 is 1. The van der Waals surface area contributed by atoms with Gasteiger partial charge in [0.15, 0.2) is 17.5 Å². The molecule has 1 aromatic heterocycles. The Labute approximate surface area is 180 Å². The summed E-state index contributed by atoms with van der Waals surface area (Å²) in [6.45, 7) is 3.37. The van der Waals surface area contributed by atoms with Gasteiger partial charge in [0.05, 0.1) is 31.8 Å². The predicted octanol–water partition coefficient (Wildman–Crippen LogP) is 1.49. The van der Waals surface area contributed by atoms with E-state index in [9.17, 15) is 9.59 Å². The molecule has 10 heteroatoms. The second kappa shape index (κ2) is 8.66. The van der Waals surface area contributed by atoms with Gasteiger partial charge in [-0.1, -0.05) is 0 Å². The largest absolute Gasteiger partial charge is 0.492 e. The minimum Gasteiger partial charge on any atom is -0.492 e. The third kappa shape index (κ3) is 3.92. The molecular weight excluding hydrogens is 400 g/mol. The monoisotopic (exact) mass is 426 g/mol. The maximum atomic E-state index is 12.2. The summed E-state index contributed by atoms with van der Waals surface area (Å²) < 4.78 is 13.7. The average Bonchev–Trinajstić information content (AvgIpc) is 3.37. The van der Waals surface area contributed by atoms with Gasteiger partial charge in [0.25, 0.3) is 5.91 Å². The van der Waals surface area contributed by atoms with Gasteiger partial charge in [-0.3, -0.25) is 14.9 Å². The Kier molecular flexibility index (Phi) is 5.79. The Morgan fingerprint density at radius 1 is 1.29 bits per heavy atom. The number of hydrogen-bond donors (Lipinski definition) is 2.